The van der Waals surface area contributed by atoms with Crippen LogP contribution in [0.2, 0.25) is 0 Å². The molecule has 1 saturated carbocycles. The topological polar surface area (TPSA) is 87.9 Å². The van der Waals surface area contributed by atoms with Crippen LogP contribution in [0.25, 0.3) is 23.4 Å². The molecule has 39 heavy (non-hydrogen) atoms. The van der Waals surface area contributed by atoms with Crippen LogP contribution in [0.3, 0.4) is 0 Å². The summed E-state index contributed by atoms with van der Waals surface area (Å²) in [7, 11) is 0. The maximum Gasteiger partial charge on any atom is 0.251 e. The van der Waals surface area contributed by atoms with Gasteiger partial charge in [-0.1, -0.05) is 43.9 Å². The van der Waals surface area contributed by atoms with Crippen LogP contribution < -0.4 is 15.8 Å². The van der Waals surface area contributed by atoms with E-state index in [-0.39, 0.29) is 11.8 Å². The predicted molar refractivity (Wildman–Crippen MR) is 156 cm³/mol. The lowest BCUT2D eigenvalue weighted by Gasteiger charge is -2.21. The number of hydrogen-bond donors (Lipinski definition) is 1. The van der Waals surface area contributed by atoms with E-state index in [9.17, 15) is 10.1 Å². The van der Waals surface area contributed by atoms with Crippen molar-refractivity contribution in [3.8, 4) is 17.3 Å². The zero-order valence-corrected chi connectivity index (χ0v) is 23.0. The first-order chi connectivity index (χ1) is 18.9. The first kappa shape index (κ1) is 27.9. The number of nitriles is 1. The molecule has 1 aliphatic carbocycles. The molecular formula is C33H36N4O2. The summed E-state index contributed by atoms with van der Waals surface area (Å²) < 4.78 is 5.49. The molecule has 1 fully saturated rings. The summed E-state index contributed by atoms with van der Waals surface area (Å²) in [6.07, 6.45) is 16.5. The minimum absolute atomic E-state index is 0.207. The van der Waals surface area contributed by atoms with Crippen molar-refractivity contribution < 1.29 is 9.53 Å². The standard InChI is InChI=1S/C33H36N4O2/c1-5-7-8-27(15-30-23(4)20-39-21-29(30)16-34)33(38)36-17-22(3)13-28-14-26(12-9-24(28)6-2)32-19-35-18-31(37-32)25-10-11-25/h6-9,12-15,18-19,25,29H,3,5,10-11,17,20-21H2,1-2,4H3,(H,36,38)/b8-7+,24-6-,27-15+,28-13-. The second kappa shape index (κ2) is 13.1. The van der Waals surface area contributed by atoms with Gasteiger partial charge in [-0.05, 0) is 78.5 Å². The third-order valence-electron chi connectivity index (χ3n) is 6.91. The number of nitrogens with one attached hydrogen (secondary N) is 1. The Kier molecular flexibility index (Phi) is 9.40. The van der Waals surface area contributed by atoms with Crippen LogP contribution in [-0.2, 0) is 9.53 Å². The summed E-state index contributed by atoms with van der Waals surface area (Å²) in [5.41, 5.74) is 6.04. The fourth-order valence-electron chi connectivity index (χ4n) is 4.52. The van der Waals surface area contributed by atoms with Crippen molar-refractivity contribution in [1.29, 1.82) is 5.26 Å². The summed E-state index contributed by atoms with van der Waals surface area (Å²) in [4.78, 5) is 22.4. The second-order valence-electron chi connectivity index (χ2n) is 10.1. The van der Waals surface area contributed by atoms with E-state index in [4.69, 9.17) is 9.72 Å². The lowest BCUT2D eigenvalue weighted by atomic mass is 9.92. The highest BCUT2D eigenvalue weighted by Gasteiger charge is 2.25. The molecule has 4 rings (SSSR count). The Morgan fingerprint density at radius 3 is 2.82 bits per heavy atom. The highest BCUT2D eigenvalue weighted by Crippen LogP contribution is 2.39. The van der Waals surface area contributed by atoms with Crippen molar-refractivity contribution in [3.63, 3.8) is 0 Å². The first-order valence-electron chi connectivity index (χ1n) is 13.5. The van der Waals surface area contributed by atoms with Crippen LogP contribution >= 0.6 is 0 Å². The summed E-state index contributed by atoms with van der Waals surface area (Å²) >= 11 is 0. The molecule has 1 aliphatic heterocycles. The molecule has 0 radical (unpaired) electrons. The van der Waals surface area contributed by atoms with Crippen LogP contribution in [-0.4, -0.2) is 35.6 Å². The van der Waals surface area contributed by atoms with Crippen molar-refractivity contribution in [2.75, 3.05) is 19.8 Å². The molecule has 6 nitrogen and oxygen atoms in total. The average Bonchev–Trinajstić information content (AvgIpc) is 3.80. The maximum absolute atomic E-state index is 13.2. The fourth-order valence-corrected chi connectivity index (χ4v) is 4.52. The van der Waals surface area contributed by atoms with Crippen molar-refractivity contribution in [2.24, 2.45) is 5.92 Å². The Balaban J connectivity index is 1.54. The number of amides is 1. The number of nitrogens with zero attached hydrogens (tertiary/aromatic N) is 3. The molecular weight excluding hydrogens is 484 g/mol. The van der Waals surface area contributed by atoms with Gasteiger partial charge in [-0.2, -0.15) is 5.26 Å². The van der Waals surface area contributed by atoms with E-state index in [1.54, 1.807) is 6.20 Å². The quantitative estimate of drug-likeness (QED) is 0.384. The number of rotatable bonds is 9. The maximum atomic E-state index is 13.2. The molecule has 2 aromatic rings. The highest BCUT2D eigenvalue weighted by atomic mass is 16.5. The monoisotopic (exact) mass is 520 g/mol. The molecule has 200 valence electrons. The van der Waals surface area contributed by atoms with Gasteiger partial charge in [0, 0.05) is 29.8 Å². The average molecular weight is 521 g/mol. The van der Waals surface area contributed by atoms with Gasteiger partial charge < -0.3 is 10.1 Å². The summed E-state index contributed by atoms with van der Waals surface area (Å²) in [5.74, 6) is -0.0508. The third kappa shape index (κ3) is 7.28. The van der Waals surface area contributed by atoms with E-state index < -0.39 is 0 Å². The molecule has 0 spiro atoms. The van der Waals surface area contributed by atoms with E-state index >= 15 is 0 Å². The van der Waals surface area contributed by atoms with Crippen molar-refractivity contribution in [2.45, 2.75) is 46.0 Å². The predicted octanol–water partition coefficient (Wildman–Crippen LogP) is 4.65. The highest BCUT2D eigenvalue weighted by molar-refractivity contribution is 5.97. The Morgan fingerprint density at radius 2 is 2.10 bits per heavy atom. The van der Waals surface area contributed by atoms with Crippen molar-refractivity contribution >= 4 is 18.1 Å². The molecule has 1 unspecified atom stereocenters. The SMILES string of the molecule is C=C(/C=c1/cc(-c2cncc(C3CC3)n2)cc/c1=C/C)CNC(=O)C(/C=C/CC)=C/C1=C(C)COCC1C#N. The Labute approximate surface area is 230 Å². The van der Waals surface area contributed by atoms with Crippen LogP contribution in [0.15, 0.2) is 77.7 Å². The normalized spacial score (nSPS) is 18.9. The molecule has 1 atom stereocenters. The lowest BCUT2D eigenvalue weighted by Crippen LogP contribution is -2.29. The molecule has 2 aliphatic rings. The Bertz CT molecular complexity index is 1500. The molecule has 1 aromatic heterocycles. The van der Waals surface area contributed by atoms with Gasteiger partial charge in [0.05, 0.1) is 42.8 Å². The number of hydrogen-bond acceptors (Lipinski definition) is 5. The number of benzene rings is 1. The molecule has 2 heterocycles. The van der Waals surface area contributed by atoms with Crippen LogP contribution in [0.4, 0.5) is 0 Å². The largest absolute Gasteiger partial charge is 0.375 e. The van der Waals surface area contributed by atoms with Gasteiger partial charge in [-0.25, -0.2) is 4.98 Å². The van der Waals surface area contributed by atoms with Gasteiger partial charge in [-0.3, -0.25) is 9.78 Å². The van der Waals surface area contributed by atoms with Gasteiger partial charge in [0.2, 0.25) is 0 Å². The zero-order chi connectivity index (χ0) is 27.8. The second-order valence-corrected chi connectivity index (χ2v) is 10.1. The Hall–Kier alpha value is -4.08. The Morgan fingerprint density at radius 1 is 1.28 bits per heavy atom. The van der Waals surface area contributed by atoms with E-state index in [1.807, 2.05) is 51.3 Å². The zero-order valence-electron chi connectivity index (χ0n) is 23.0. The van der Waals surface area contributed by atoms with Gasteiger partial charge >= 0.3 is 0 Å². The molecule has 1 N–H and O–H groups in total. The van der Waals surface area contributed by atoms with Gasteiger partial charge in [0.15, 0.2) is 0 Å². The van der Waals surface area contributed by atoms with E-state index in [0.717, 1.165) is 50.5 Å². The summed E-state index contributed by atoms with van der Waals surface area (Å²) in [6, 6.07) is 8.53. The van der Waals surface area contributed by atoms with Gasteiger partial charge in [-0.15, -0.1) is 0 Å². The van der Waals surface area contributed by atoms with Crippen LogP contribution in [0, 0.1) is 17.2 Å². The van der Waals surface area contributed by atoms with E-state index in [0.29, 0.717) is 31.2 Å². The smallest absolute Gasteiger partial charge is 0.251 e. The van der Waals surface area contributed by atoms with E-state index in [2.05, 4.69) is 47.2 Å². The number of carbonyl (C=O) groups excluding carboxylic acids is 1. The van der Waals surface area contributed by atoms with Crippen LogP contribution in [0.5, 0.6) is 0 Å². The molecule has 1 amide bonds. The van der Waals surface area contributed by atoms with E-state index in [1.165, 1.54) is 12.8 Å². The molecule has 1 aromatic carbocycles. The number of ether oxygens (including phenoxy) is 1. The minimum Gasteiger partial charge on any atom is -0.375 e. The minimum atomic E-state index is -0.384. The number of allylic oxidation sites excluding steroid dienone is 2. The summed E-state index contributed by atoms with van der Waals surface area (Å²) in [5, 5.41) is 14.6. The number of aromatic nitrogens is 2. The fraction of sp³-hybridized carbons (Fsp3) is 0.333. The summed E-state index contributed by atoms with van der Waals surface area (Å²) in [6.45, 7) is 11.3. The van der Waals surface area contributed by atoms with Crippen molar-refractivity contribution in [3.05, 3.63) is 93.8 Å². The molecule has 0 bridgehead atoms. The van der Waals surface area contributed by atoms with Crippen molar-refractivity contribution in [1.82, 2.24) is 15.3 Å². The molecule has 0 saturated heterocycles. The first-order valence-corrected chi connectivity index (χ1v) is 13.5. The third-order valence-corrected chi connectivity index (χ3v) is 6.91. The lowest BCUT2D eigenvalue weighted by molar-refractivity contribution is -0.117. The van der Waals surface area contributed by atoms with Gasteiger partial charge in [0.1, 0.15) is 0 Å². The number of carbonyl (C=O) groups is 1. The van der Waals surface area contributed by atoms with Gasteiger partial charge in [0.25, 0.3) is 5.91 Å². The molecule has 6 heteroatoms. The van der Waals surface area contributed by atoms with Crippen LogP contribution in [0.1, 0.15) is 51.6 Å².